The van der Waals surface area contributed by atoms with Crippen molar-refractivity contribution >= 4 is 22.9 Å². The van der Waals surface area contributed by atoms with E-state index in [1.165, 1.54) is 22.3 Å². The minimum absolute atomic E-state index is 0.118. The SMILES string of the molecule is CCNC(c1ccc2c(c1)CCC(=O)N2)c1cscc1C. The normalized spacial score (nSPS) is 15.4. The largest absolute Gasteiger partial charge is 0.326 e. The average molecular weight is 300 g/mol. The summed E-state index contributed by atoms with van der Waals surface area (Å²) in [4.78, 5) is 11.5. The fourth-order valence-electron chi connectivity index (χ4n) is 2.86. The number of fused-ring (bicyclic) bond motifs is 1. The number of nitrogens with one attached hydrogen (secondary N) is 2. The van der Waals surface area contributed by atoms with Gasteiger partial charge in [-0.3, -0.25) is 4.79 Å². The molecule has 0 radical (unpaired) electrons. The van der Waals surface area contributed by atoms with Crippen LogP contribution in [0.15, 0.2) is 29.0 Å². The van der Waals surface area contributed by atoms with Crippen molar-refractivity contribution in [1.29, 1.82) is 0 Å². The first-order valence-corrected chi connectivity index (χ1v) is 8.32. The molecule has 0 spiro atoms. The van der Waals surface area contributed by atoms with Crippen molar-refractivity contribution in [3.8, 4) is 0 Å². The van der Waals surface area contributed by atoms with E-state index in [2.05, 4.69) is 47.4 Å². The molecule has 1 atom stereocenters. The van der Waals surface area contributed by atoms with Crippen LogP contribution in [0.2, 0.25) is 0 Å². The molecule has 0 fully saturated rings. The molecular formula is C17H20N2OS. The summed E-state index contributed by atoms with van der Waals surface area (Å²) in [6.45, 7) is 5.22. The average Bonchev–Trinajstić information content (AvgIpc) is 2.90. The number of thiophene rings is 1. The standard InChI is InChI=1S/C17H20N2OS/c1-3-18-17(14-10-21-9-11(14)2)13-4-6-15-12(8-13)5-7-16(20)19-15/h4,6,8-10,17-18H,3,5,7H2,1-2H3,(H,19,20). The van der Waals surface area contributed by atoms with Gasteiger partial charge in [0.25, 0.3) is 0 Å². The third-order valence-electron chi connectivity index (χ3n) is 3.97. The van der Waals surface area contributed by atoms with E-state index in [0.29, 0.717) is 6.42 Å². The number of carbonyl (C=O) groups is 1. The summed E-state index contributed by atoms with van der Waals surface area (Å²) < 4.78 is 0. The first-order valence-electron chi connectivity index (χ1n) is 7.37. The van der Waals surface area contributed by atoms with Gasteiger partial charge in [-0.2, -0.15) is 11.3 Å². The predicted octanol–water partition coefficient (Wildman–Crippen LogP) is 3.64. The van der Waals surface area contributed by atoms with Crippen LogP contribution in [0.25, 0.3) is 0 Å². The Morgan fingerprint density at radius 2 is 2.19 bits per heavy atom. The highest BCUT2D eigenvalue weighted by Gasteiger charge is 2.20. The van der Waals surface area contributed by atoms with Crippen LogP contribution in [0.4, 0.5) is 5.69 Å². The van der Waals surface area contributed by atoms with E-state index in [0.717, 1.165) is 18.7 Å². The van der Waals surface area contributed by atoms with Crippen molar-refractivity contribution in [2.75, 3.05) is 11.9 Å². The van der Waals surface area contributed by atoms with Gasteiger partial charge in [0.15, 0.2) is 0 Å². The van der Waals surface area contributed by atoms with Crippen molar-refractivity contribution in [2.24, 2.45) is 0 Å². The van der Waals surface area contributed by atoms with E-state index in [1.807, 2.05) is 6.07 Å². The van der Waals surface area contributed by atoms with E-state index in [9.17, 15) is 4.79 Å². The Bertz CT molecular complexity index is 663. The second-order valence-electron chi connectivity index (χ2n) is 5.47. The van der Waals surface area contributed by atoms with Gasteiger partial charge in [0, 0.05) is 12.1 Å². The predicted molar refractivity (Wildman–Crippen MR) is 88.0 cm³/mol. The van der Waals surface area contributed by atoms with Crippen LogP contribution in [0.1, 0.15) is 41.6 Å². The molecule has 0 saturated carbocycles. The molecule has 0 aliphatic carbocycles. The van der Waals surface area contributed by atoms with Crippen molar-refractivity contribution in [3.05, 3.63) is 51.2 Å². The molecule has 1 aromatic carbocycles. The van der Waals surface area contributed by atoms with Crippen molar-refractivity contribution in [3.63, 3.8) is 0 Å². The number of hydrogen-bond acceptors (Lipinski definition) is 3. The molecule has 3 nitrogen and oxygen atoms in total. The van der Waals surface area contributed by atoms with Crippen molar-refractivity contribution < 1.29 is 4.79 Å². The summed E-state index contributed by atoms with van der Waals surface area (Å²) in [5.41, 5.74) is 6.15. The highest BCUT2D eigenvalue weighted by molar-refractivity contribution is 7.08. The lowest BCUT2D eigenvalue weighted by Gasteiger charge is -2.22. The van der Waals surface area contributed by atoms with Gasteiger partial charge < -0.3 is 10.6 Å². The first kappa shape index (κ1) is 14.3. The van der Waals surface area contributed by atoms with Gasteiger partial charge in [-0.1, -0.05) is 19.1 Å². The molecule has 1 unspecified atom stereocenters. The van der Waals surface area contributed by atoms with E-state index < -0.39 is 0 Å². The molecule has 0 bridgehead atoms. The fourth-order valence-corrected chi connectivity index (χ4v) is 3.74. The van der Waals surface area contributed by atoms with Gasteiger partial charge >= 0.3 is 0 Å². The Labute approximate surface area is 129 Å². The molecule has 21 heavy (non-hydrogen) atoms. The van der Waals surface area contributed by atoms with Gasteiger partial charge in [0.1, 0.15) is 0 Å². The minimum Gasteiger partial charge on any atom is -0.326 e. The van der Waals surface area contributed by atoms with Crippen LogP contribution in [-0.2, 0) is 11.2 Å². The quantitative estimate of drug-likeness (QED) is 0.905. The number of carbonyl (C=O) groups excluding carboxylic acids is 1. The highest BCUT2D eigenvalue weighted by atomic mass is 32.1. The maximum Gasteiger partial charge on any atom is 0.224 e. The highest BCUT2D eigenvalue weighted by Crippen LogP contribution is 2.31. The van der Waals surface area contributed by atoms with E-state index in [4.69, 9.17) is 0 Å². The van der Waals surface area contributed by atoms with E-state index in [1.54, 1.807) is 11.3 Å². The topological polar surface area (TPSA) is 41.1 Å². The summed E-state index contributed by atoms with van der Waals surface area (Å²) in [6.07, 6.45) is 1.41. The van der Waals surface area contributed by atoms with Crippen LogP contribution in [0.3, 0.4) is 0 Å². The molecule has 1 aromatic heterocycles. The van der Waals surface area contributed by atoms with Gasteiger partial charge in [0.2, 0.25) is 5.91 Å². The minimum atomic E-state index is 0.118. The molecular weight excluding hydrogens is 280 g/mol. The lowest BCUT2D eigenvalue weighted by molar-refractivity contribution is -0.116. The number of benzene rings is 1. The summed E-state index contributed by atoms with van der Waals surface area (Å²) in [7, 11) is 0. The smallest absolute Gasteiger partial charge is 0.224 e. The van der Waals surface area contributed by atoms with Gasteiger partial charge in [-0.15, -0.1) is 0 Å². The van der Waals surface area contributed by atoms with Gasteiger partial charge in [-0.05, 0) is 59.0 Å². The zero-order chi connectivity index (χ0) is 14.8. The molecule has 2 aromatic rings. The molecule has 110 valence electrons. The number of aryl methyl sites for hydroxylation is 2. The molecule has 1 aliphatic heterocycles. The summed E-state index contributed by atoms with van der Waals surface area (Å²) in [6, 6.07) is 6.62. The maximum atomic E-state index is 11.5. The Kier molecular flexibility index (Phi) is 4.08. The van der Waals surface area contributed by atoms with Crippen LogP contribution < -0.4 is 10.6 Å². The molecule has 4 heteroatoms. The first-order chi connectivity index (χ1) is 10.2. The van der Waals surface area contributed by atoms with Crippen molar-refractivity contribution in [2.45, 2.75) is 32.7 Å². The maximum absolute atomic E-state index is 11.5. The number of rotatable bonds is 4. The van der Waals surface area contributed by atoms with E-state index in [-0.39, 0.29) is 11.9 Å². The molecule has 0 saturated heterocycles. The van der Waals surface area contributed by atoms with Gasteiger partial charge in [-0.25, -0.2) is 0 Å². The number of hydrogen-bond donors (Lipinski definition) is 2. The molecule has 2 N–H and O–H groups in total. The molecule has 3 rings (SSSR count). The van der Waals surface area contributed by atoms with Crippen molar-refractivity contribution in [1.82, 2.24) is 5.32 Å². The third-order valence-corrected chi connectivity index (χ3v) is 4.85. The number of amides is 1. The summed E-state index contributed by atoms with van der Waals surface area (Å²) in [5, 5.41) is 10.9. The zero-order valence-electron chi connectivity index (χ0n) is 12.4. The summed E-state index contributed by atoms with van der Waals surface area (Å²) >= 11 is 1.75. The second kappa shape index (κ2) is 6.00. The lowest BCUT2D eigenvalue weighted by atomic mass is 9.93. The third kappa shape index (κ3) is 2.87. The van der Waals surface area contributed by atoms with Crippen LogP contribution in [0, 0.1) is 6.92 Å². The van der Waals surface area contributed by atoms with Crippen LogP contribution in [0.5, 0.6) is 0 Å². The lowest BCUT2D eigenvalue weighted by Crippen LogP contribution is -2.23. The van der Waals surface area contributed by atoms with Gasteiger partial charge in [0.05, 0.1) is 6.04 Å². The Hall–Kier alpha value is -1.65. The molecule has 1 amide bonds. The number of anilines is 1. The summed E-state index contributed by atoms with van der Waals surface area (Å²) in [5.74, 6) is 0.118. The monoisotopic (exact) mass is 300 g/mol. The zero-order valence-corrected chi connectivity index (χ0v) is 13.2. The van der Waals surface area contributed by atoms with E-state index >= 15 is 0 Å². The van der Waals surface area contributed by atoms with Crippen LogP contribution in [-0.4, -0.2) is 12.5 Å². The Morgan fingerprint density at radius 3 is 2.90 bits per heavy atom. The molecule has 2 heterocycles. The second-order valence-corrected chi connectivity index (χ2v) is 6.21. The fraction of sp³-hybridized carbons (Fsp3) is 0.353. The molecule has 1 aliphatic rings. The Morgan fingerprint density at radius 1 is 1.33 bits per heavy atom. The Balaban J connectivity index is 1.97. The van der Waals surface area contributed by atoms with Crippen LogP contribution >= 0.6 is 11.3 Å².